The Bertz CT molecular complexity index is 776. The van der Waals surface area contributed by atoms with Gasteiger partial charge in [-0.2, -0.15) is 5.26 Å². The van der Waals surface area contributed by atoms with Gasteiger partial charge >= 0.3 is 6.03 Å². The summed E-state index contributed by atoms with van der Waals surface area (Å²) >= 11 is 0. The van der Waals surface area contributed by atoms with E-state index in [0.29, 0.717) is 16.9 Å². The number of urea groups is 1. The molecule has 1 aromatic carbocycles. The topological polar surface area (TPSA) is 86.3 Å². The maximum atomic E-state index is 12.6. The summed E-state index contributed by atoms with van der Waals surface area (Å²) in [5, 5.41) is 11.8. The van der Waals surface area contributed by atoms with E-state index in [2.05, 4.69) is 11.4 Å². The molecule has 2 heterocycles. The van der Waals surface area contributed by atoms with Crippen LogP contribution >= 0.6 is 0 Å². The number of nitrogens with zero attached hydrogens (tertiary/aromatic N) is 2. The molecule has 3 rings (SSSR count). The lowest BCUT2D eigenvalue weighted by atomic mass is 9.99. The molecular formula is C16H13N3O3. The molecule has 0 bridgehead atoms. The van der Waals surface area contributed by atoms with Crippen LogP contribution in [0.4, 0.5) is 4.79 Å². The number of hydrogen-bond donors (Lipinski definition) is 1. The number of amides is 3. The Balaban J connectivity index is 1.92. The van der Waals surface area contributed by atoms with Crippen LogP contribution < -0.4 is 5.32 Å². The maximum absolute atomic E-state index is 12.6. The summed E-state index contributed by atoms with van der Waals surface area (Å²) in [6.07, 6.45) is 1.45. The number of furan rings is 1. The number of carbonyl (C=O) groups excluding carboxylic acids is 2. The Morgan fingerprint density at radius 3 is 2.73 bits per heavy atom. The zero-order chi connectivity index (χ0) is 15.7. The highest BCUT2D eigenvalue weighted by molar-refractivity contribution is 6.06. The van der Waals surface area contributed by atoms with Crippen LogP contribution in [0.25, 0.3) is 0 Å². The first-order valence-corrected chi connectivity index (χ1v) is 6.72. The van der Waals surface area contributed by atoms with Crippen molar-refractivity contribution < 1.29 is 14.0 Å². The SMILES string of the molecule is C[C@@]1(c2ccco2)NC(=O)N(Cc2ccccc2C#N)C1=O. The minimum absolute atomic E-state index is 0.0463. The van der Waals surface area contributed by atoms with E-state index in [4.69, 9.17) is 9.68 Å². The number of imide groups is 1. The van der Waals surface area contributed by atoms with Crippen molar-refractivity contribution >= 4 is 11.9 Å². The van der Waals surface area contributed by atoms with Crippen molar-refractivity contribution in [2.24, 2.45) is 0 Å². The van der Waals surface area contributed by atoms with Crippen LogP contribution in [0.3, 0.4) is 0 Å². The largest absolute Gasteiger partial charge is 0.466 e. The average Bonchev–Trinajstić information content (AvgIpc) is 3.12. The molecule has 1 fully saturated rings. The van der Waals surface area contributed by atoms with E-state index in [0.717, 1.165) is 4.90 Å². The highest BCUT2D eigenvalue weighted by atomic mass is 16.3. The molecule has 2 aromatic rings. The van der Waals surface area contributed by atoms with E-state index < -0.39 is 17.5 Å². The summed E-state index contributed by atoms with van der Waals surface area (Å²) < 4.78 is 5.27. The van der Waals surface area contributed by atoms with E-state index in [1.165, 1.54) is 6.26 Å². The fraction of sp³-hybridized carbons (Fsp3) is 0.188. The lowest BCUT2D eigenvalue weighted by molar-refractivity contribution is -0.132. The van der Waals surface area contributed by atoms with Crippen LogP contribution in [0.2, 0.25) is 0 Å². The number of nitrogens with one attached hydrogen (secondary N) is 1. The molecular weight excluding hydrogens is 282 g/mol. The molecule has 1 aliphatic rings. The number of benzene rings is 1. The van der Waals surface area contributed by atoms with Crippen molar-refractivity contribution in [3.8, 4) is 6.07 Å². The second kappa shape index (κ2) is 5.04. The van der Waals surface area contributed by atoms with Crippen LogP contribution in [0.5, 0.6) is 0 Å². The van der Waals surface area contributed by atoms with Crippen LogP contribution in [0.1, 0.15) is 23.8 Å². The summed E-state index contributed by atoms with van der Waals surface area (Å²) in [7, 11) is 0. The third kappa shape index (κ3) is 2.04. The van der Waals surface area contributed by atoms with Gasteiger partial charge in [0.05, 0.1) is 24.4 Å². The lowest BCUT2D eigenvalue weighted by Crippen LogP contribution is -2.40. The number of nitriles is 1. The zero-order valence-corrected chi connectivity index (χ0v) is 11.9. The van der Waals surface area contributed by atoms with Crippen molar-refractivity contribution in [1.82, 2.24) is 10.2 Å². The summed E-state index contributed by atoms with van der Waals surface area (Å²) in [5.41, 5.74) is -0.158. The van der Waals surface area contributed by atoms with Crippen LogP contribution in [0.15, 0.2) is 47.1 Å². The third-order valence-corrected chi connectivity index (χ3v) is 3.76. The average molecular weight is 295 g/mol. The molecule has 1 aromatic heterocycles. The highest BCUT2D eigenvalue weighted by Gasteiger charge is 2.50. The van der Waals surface area contributed by atoms with Gasteiger partial charge in [-0.25, -0.2) is 4.79 Å². The molecule has 1 N–H and O–H groups in total. The Morgan fingerprint density at radius 1 is 1.27 bits per heavy atom. The normalized spacial score (nSPS) is 20.8. The molecule has 1 aliphatic heterocycles. The summed E-state index contributed by atoms with van der Waals surface area (Å²) in [5.74, 6) is -0.0258. The fourth-order valence-corrected chi connectivity index (χ4v) is 2.51. The molecule has 1 saturated heterocycles. The van der Waals surface area contributed by atoms with E-state index >= 15 is 0 Å². The van der Waals surface area contributed by atoms with Gasteiger partial charge in [0, 0.05) is 0 Å². The number of carbonyl (C=O) groups is 2. The van der Waals surface area contributed by atoms with Crippen LogP contribution in [-0.2, 0) is 16.9 Å². The van der Waals surface area contributed by atoms with Gasteiger partial charge in [-0.05, 0) is 30.7 Å². The molecule has 3 amide bonds. The first kappa shape index (κ1) is 13.9. The summed E-state index contributed by atoms with van der Waals surface area (Å²) in [6.45, 7) is 1.65. The predicted octanol–water partition coefficient (Wildman–Crippen LogP) is 2.12. The molecule has 0 spiro atoms. The quantitative estimate of drug-likeness (QED) is 0.879. The monoisotopic (exact) mass is 295 g/mol. The Morgan fingerprint density at radius 2 is 2.05 bits per heavy atom. The molecule has 0 aliphatic carbocycles. The smallest absolute Gasteiger partial charge is 0.325 e. The van der Waals surface area contributed by atoms with Crippen molar-refractivity contribution in [2.45, 2.75) is 19.0 Å². The first-order valence-electron chi connectivity index (χ1n) is 6.72. The van der Waals surface area contributed by atoms with Gasteiger partial charge in [-0.1, -0.05) is 18.2 Å². The zero-order valence-electron chi connectivity index (χ0n) is 11.9. The Kier molecular flexibility index (Phi) is 3.18. The second-order valence-corrected chi connectivity index (χ2v) is 5.19. The minimum atomic E-state index is -1.22. The molecule has 0 unspecified atom stereocenters. The highest BCUT2D eigenvalue weighted by Crippen LogP contribution is 2.30. The molecule has 6 nitrogen and oxygen atoms in total. The Hall–Kier alpha value is -3.07. The van der Waals surface area contributed by atoms with Crippen LogP contribution in [0, 0.1) is 11.3 Å². The van der Waals surface area contributed by atoms with Crippen molar-refractivity contribution in [2.75, 3.05) is 0 Å². The van der Waals surface area contributed by atoms with Crippen molar-refractivity contribution in [3.05, 3.63) is 59.5 Å². The van der Waals surface area contributed by atoms with E-state index in [1.54, 1.807) is 43.3 Å². The molecule has 22 heavy (non-hydrogen) atoms. The van der Waals surface area contributed by atoms with Crippen molar-refractivity contribution in [1.29, 1.82) is 5.26 Å². The van der Waals surface area contributed by atoms with Gasteiger partial charge in [-0.3, -0.25) is 9.69 Å². The van der Waals surface area contributed by atoms with E-state index in [9.17, 15) is 9.59 Å². The maximum Gasteiger partial charge on any atom is 0.325 e. The number of hydrogen-bond acceptors (Lipinski definition) is 4. The minimum Gasteiger partial charge on any atom is -0.466 e. The molecule has 0 radical (unpaired) electrons. The van der Waals surface area contributed by atoms with Gasteiger partial charge in [-0.15, -0.1) is 0 Å². The Labute approximate surface area is 126 Å². The van der Waals surface area contributed by atoms with Crippen LogP contribution in [-0.4, -0.2) is 16.8 Å². The van der Waals surface area contributed by atoms with Gasteiger partial charge in [0.25, 0.3) is 5.91 Å². The first-order chi connectivity index (χ1) is 10.6. The molecule has 0 saturated carbocycles. The third-order valence-electron chi connectivity index (χ3n) is 3.76. The predicted molar refractivity (Wildman–Crippen MR) is 76.3 cm³/mol. The number of rotatable bonds is 3. The van der Waals surface area contributed by atoms with Gasteiger partial charge in [0.1, 0.15) is 5.76 Å². The van der Waals surface area contributed by atoms with Crippen molar-refractivity contribution in [3.63, 3.8) is 0 Å². The summed E-state index contributed by atoms with van der Waals surface area (Å²) in [6, 6.07) is 11.7. The molecule has 1 atom stereocenters. The van der Waals surface area contributed by atoms with Gasteiger partial charge in [0.2, 0.25) is 0 Å². The summed E-state index contributed by atoms with van der Waals surface area (Å²) in [4.78, 5) is 25.9. The fourth-order valence-electron chi connectivity index (χ4n) is 2.51. The molecule has 110 valence electrons. The van der Waals surface area contributed by atoms with E-state index in [-0.39, 0.29) is 6.54 Å². The van der Waals surface area contributed by atoms with Gasteiger partial charge < -0.3 is 9.73 Å². The van der Waals surface area contributed by atoms with E-state index in [1.807, 2.05) is 0 Å². The molecule has 6 heteroatoms. The second-order valence-electron chi connectivity index (χ2n) is 5.19. The lowest BCUT2D eigenvalue weighted by Gasteiger charge is -2.19. The standard InChI is InChI=1S/C16H13N3O3/c1-16(13-7-4-8-22-13)14(20)19(15(21)18-16)10-12-6-3-2-5-11(12)9-17/h2-8H,10H2,1H3,(H,18,21)/t16-/m0/s1. The van der Waals surface area contributed by atoms with Gasteiger partial charge in [0.15, 0.2) is 5.54 Å².